The molecule has 6 N–H and O–H groups in total. The summed E-state index contributed by atoms with van der Waals surface area (Å²) in [4.78, 5) is 0. The minimum Gasteiger partial charge on any atom is -0.497 e. The van der Waals surface area contributed by atoms with Gasteiger partial charge in [-0.2, -0.15) is 0 Å². The lowest BCUT2D eigenvalue weighted by Crippen LogP contribution is -2.55. The molecule has 0 bridgehead atoms. The third-order valence-electron chi connectivity index (χ3n) is 4.17. The summed E-state index contributed by atoms with van der Waals surface area (Å²) in [5, 5.41) is 6.52. The number of benzene rings is 1. The summed E-state index contributed by atoms with van der Waals surface area (Å²) in [6.07, 6.45) is 4.35. The molecule has 1 saturated heterocycles. The highest BCUT2D eigenvalue weighted by molar-refractivity contribution is 5.40. The first kappa shape index (κ1) is 15.9. The van der Waals surface area contributed by atoms with Gasteiger partial charge in [-0.25, -0.2) is 0 Å². The number of nitrogens with two attached hydrogens (primary N) is 2. The van der Waals surface area contributed by atoms with Crippen LogP contribution in [-0.2, 0) is 11.2 Å². The molecule has 0 spiro atoms. The van der Waals surface area contributed by atoms with Crippen LogP contribution in [-0.4, -0.2) is 38.6 Å². The van der Waals surface area contributed by atoms with Crippen LogP contribution >= 0.6 is 0 Å². The van der Waals surface area contributed by atoms with Crippen LogP contribution in [0.15, 0.2) is 47.8 Å². The van der Waals surface area contributed by atoms with E-state index in [2.05, 4.69) is 10.6 Å². The van der Waals surface area contributed by atoms with Gasteiger partial charge in [-0.3, -0.25) is 0 Å². The lowest BCUT2D eigenvalue weighted by molar-refractivity contribution is 0.0520. The Kier molecular flexibility index (Phi) is 4.56. The molecule has 6 heteroatoms. The molecule has 2 aliphatic rings. The molecule has 0 saturated carbocycles. The molecule has 1 aromatic rings. The molecule has 0 amide bonds. The van der Waals surface area contributed by atoms with E-state index in [1.54, 1.807) is 13.3 Å². The SMILES string of the molecule is COc1ccc(CC2(N)C=C(C3CNCCO3)C(N)=CN2)cc1. The van der Waals surface area contributed by atoms with Gasteiger partial charge < -0.3 is 31.6 Å². The molecule has 2 atom stereocenters. The highest BCUT2D eigenvalue weighted by atomic mass is 16.5. The number of hydrogen-bond donors (Lipinski definition) is 4. The van der Waals surface area contributed by atoms with E-state index < -0.39 is 5.66 Å². The first-order valence-corrected chi connectivity index (χ1v) is 7.80. The third-order valence-corrected chi connectivity index (χ3v) is 4.17. The molecular weight excluding hydrogens is 292 g/mol. The van der Waals surface area contributed by atoms with Crippen LogP contribution in [0.5, 0.6) is 5.75 Å². The Morgan fingerprint density at radius 1 is 1.35 bits per heavy atom. The van der Waals surface area contributed by atoms with E-state index in [0.29, 0.717) is 18.7 Å². The van der Waals surface area contributed by atoms with Crippen LogP contribution in [0, 0.1) is 0 Å². The van der Waals surface area contributed by atoms with Crippen LogP contribution in [0.3, 0.4) is 0 Å². The average Bonchev–Trinajstić information content (AvgIpc) is 2.59. The lowest BCUT2D eigenvalue weighted by Gasteiger charge is -2.35. The smallest absolute Gasteiger partial charge is 0.118 e. The second-order valence-electron chi connectivity index (χ2n) is 5.97. The number of hydrogen-bond acceptors (Lipinski definition) is 6. The van der Waals surface area contributed by atoms with Crippen LogP contribution in [0.4, 0.5) is 0 Å². The van der Waals surface area contributed by atoms with E-state index in [-0.39, 0.29) is 6.10 Å². The zero-order valence-corrected chi connectivity index (χ0v) is 13.3. The normalized spacial score (nSPS) is 27.7. The van der Waals surface area contributed by atoms with Crippen molar-refractivity contribution in [1.82, 2.24) is 10.6 Å². The van der Waals surface area contributed by atoms with E-state index in [1.807, 2.05) is 30.3 Å². The zero-order valence-electron chi connectivity index (χ0n) is 13.3. The summed E-state index contributed by atoms with van der Waals surface area (Å²) >= 11 is 0. The van der Waals surface area contributed by atoms with Crippen molar-refractivity contribution in [3.63, 3.8) is 0 Å². The molecule has 2 aliphatic heterocycles. The highest BCUT2D eigenvalue weighted by Gasteiger charge is 2.30. The largest absolute Gasteiger partial charge is 0.497 e. The van der Waals surface area contributed by atoms with Crippen LogP contribution < -0.4 is 26.8 Å². The molecule has 0 aromatic heterocycles. The van der Waals surface area contributed by atoms with Crippen molar-refractivity contribution >= 4 is 0 Å². The first-order chi connectivity index (χ1) is 11.1. The molecule has 3 rings (SSSR count). The summed E-state index contributed by atoms with van der Waals surface area (Å²) in [5.74, 6) is 0.832. The van der Waals surface area contributed by atoms with Gasteiger partial charge in [0.1, 0.15) is 11.4 Å². The fourth-order valence-electron chi connectivity index (χ4n) is 2.93. The summed E-state index contributed by atoms with van der Waals surface area (Å²) in [6.45, 7) is 2.29. The maximum absolute atomic E-state index is 6.53. The zero-order chi connectivity index (χ0) is 16.3. The van der Waals surface area contributed by atoms with Crippen molar-refractivity contribution < 1.29 is 9.47 Å². The van der Waals surface area contributed by atoms with E-state index in [1.165, 1.54) is 0 Å². The van der Waals surface area contributed by atoms with Crippen LogP contribution in [0.1, 0.15) is 5.56 Å². The lowest BCUT2D eigenvalue weighted by atomic mass is 9.92. The molecule has 0 radical (unpaired) electrons. The number of dihydropyridines is 1. The van der Waals surface area contributed by atoms with Crippen molar-refractivity contribution in [3.05, 3.63) is 53.4 Å². The van der Waals surface area contributed by atoms with Crippen LogP contribution in [0.2, 0.25) is 0 Å². The maximum Gasteiger partial charge on any atom is 0.118 e. The van der Waals surface area contributed by atoms with Gasteiger partial charge in [-0.05, 0) is 23.8 Å². The van der Waals surface area contributed by atoms with E-state index in [0.717, 1.165) is 30.0 Å². The highest BCUT2D eigenvalue weighted by Crippen LogP contribution is 2.24. The molecular formula is C17H24N4O2. The second kappa shape index (κ2) is 6.62. The maximum atomic E-state index is 6.53. The molecule has 6 nitrogen and oxygen atoms in total. The molecule has 2 heterocycles. The van der Waals surface area contributed by atoms with E-state index in [4.69, 9.17) is 20.9 Å². The second-order valence-corrected chi connectivity index (χ2v) is 5.97. The van der Waals surface area contributed by atoms with Gasteiger partial charge in [-0.1, -0.05) is 12.1 Å². The molecule has 2 unspecified atom stereocenters. The van der Waals surface area contributed by atoms with Crippen molar-refractivity contribution in [1.29, 1.82) is 0 Å². The van der Waals surface area contributed by atoms with Gasteiger partial charge in [0.05, 0.1) is 25.5 Å². The standard InChI is InChI=1S/C17H24N4O2/c1-22-13-4-2-12(3-5-13)8-17(19)9-14(15(18)10-21-17)16-11-20-6-7-23-16/h2-5,9-10,16,20-21H,6-8,11,18-19H2,1H3. The Bertz CT molecular complexity index is 606. The average molecular weight is 316 g/mol. The van der Waals surface area contributed by atoms with E-state index >= 15 is 0 Å². The van der Waals surface area contributed by atoms with Crippen molar-refractivity contribution in [2.45, 2.75) is 18.2 Å². The number of nitrogens with one attached hydrogen (secondary N) is 2. The summed E-state index contributed by atoms with van der Waals surface area (Å²) in [6, 6.07) is 7.90. The minimum absolute atomic E-state index is 0.0547. The van der Waals surface area contributed by atoms with E-state index in [9.17, 15) is 0 Å². The molecule has 0 aliphatic carbocycles. The summed E-state index contributed by atoms with van der Waals surface area (Å²) in [7, 11) is 1.66. The van der Waals surface area contributed by atoms with Gasteiger partial charge in [-0.15, -0.1) is 0 Å². The summed E-state index contributed by atoms with van der Waals surface area (Å²) < 4.78 is 11.0. The molecule has 23 heavy (non-hydrogen) atoms. The molecule has 1 aromatic carbocycles. The predicted octanol–water partition coefficient (Wildman–Crippen LogP) is 0.211. The Morgan fingerprint density at radius 2 is 2.13 bits per heavy atom. The quantitative estimate of drug-likeness (QED) is 0.634. The topological polar surface area (TPSA) is 94.6 Å². The minimum atomic E-state index is -0.687. The fourth-order valence-corrected chi connectivity index (χ4v) is 2.93. The molecule has 1 fully saturated rings. The monoisotopic (exact) mass is 316 g/mol. The number of morpholine rings is 1. The van der Waals surface area contributed by atoms with Gasteiger partial charge in [0.15, 0.2) is 0 Å². The number of methoxy groups -OCH3 is 1. The Morgan fingerprint density at radius 3 is 2.78 bits per heavy atom. The van der Waals surface area contributed by atoms with Gasteiger partial charge in [0.25, 0.3) is 0 Å². The van der Waals surface area contributed by atoms with Crippen molar-refractivity contribution in [2.75, 3.05) is 26.8 Å². The fraction of sp³-hybridized carbons (Fsp3) is 0.412. The van der Waals surface area contributed by atoms with Crippen LogP contribution in [0.25, 0.3) is 0 Å². The van der Waals surface area contributed by atoms with Crippen molar-refractivity contribution in [3.8, 4) is 5.75 Å². The molecule has 124 valence electrons. The van der Waals surface area contributed by atoms with Gasteiger partial charge in [0.2, 0.25) is 0 Å². The van der Waals surface area contributed by atoms with Gasteiger partial charge in [0, 0.05) is 31.3 Å². The van der Waals surface area contributed by atoms with Crippen molar-refractivity contribution in [2.24, 2.45) is 11.5 Å². The predicted molar refractivity (Wildman–Crippen MR) is 89.7 cm³/mol. The Labute approximate surface area is 136 Å². The Hall–Kier alpha value is -2.02. The Balaban J connectivity index is 1.78. The first-order valence-electron chi connectivity index (χ1n) is 7.80. The number of rotatable bonds is 4. The number of ether oxygens (including phenoxy) is 2. The summed E-state index contributed by atoms with van der Waals surface area (Å²) in [5.41, 5.74) is 14.7. The third kappa shape index (κ3) is 3.67. The van der Waals surface area contributed by atoms with Gasteiger partial charge >= 0.3 is 0 Å².